The number of rotatable bonds is 2. The molecule has 0 spiro atoms. The molecule has 1 rings (SSSR count). The molecule has 14 heavy (non-hydrogen) atoms. The zero-order valence-electron chi connectivity index (χ0n) is 8.30. The Morgan fingerprint density at radius 1 is 1.50 bits per heavy atom. The molecule has 2 atom stereocenters. The fourth-order valence-electron chi connectivity index (χ4n) is 1.61. The summed E-state index contributed by atoms with van der Waals surface area (Å²) < 4.78 is 22.3. The molecule has 0 saturated carbocycles. The van der Waals surface area contributed by atoms with E-state index in [-0.39, 0.29) is 17.4 Å². The topological polar surface area (TPSA) is 74.7 Å². The standard InChI is InChI=1S/C8H15NO4S/c1-3-8(11)9(2)6-4-14(12,13)5-7(6)10/h6-7,10H,3-5H2,1-2H3/t6-,7+/m1/s1. The van der Waals surface area contributed by atoms with Crippen molar-refractivity contribution in [3.8, 4) is 0 Å². The highest BCUT2D eigenvalue weighted by Gasteiger charge is 2.39. The number of carbonyl (C=O) groups excluding carboxylic acids is 1. The van der Waals surface area contributed by atoms with Gasteiger partial charge in [0.05, 0.1) is 23.7 Å². The second-order valence-corrected chi connectivity index (χ2v) is 5.72. The minimum absolute atomic E-state index is 0.129. The van der Waals surface area contributed by atoms with Crippen LogP contribution in [0.2, 0.25) is 0 Å². The molecule has 1 N–H and O–H groups in total. The van der Waals surface area contributed by atoms with E-state index in [1.807, 2.05) is 0 Å². The quantitative estimate of drug-likeness (QED) is 0.650. The summed E-state index contributed by atoms with van der Waals surface area (Å²) in [6, 6.07) is -0.576. The van der Waals surface area contributed by atoms with Crippen LogP contribution in [0.3, 0.4) is 0 Å². The molecule has 0 unspecified atom stereocenters. The van der Waals surface area contributed by atoms with Gasteiger partial charge in [-0.2, -0.15) is 0 Å². The molecule has 0 aromatic heterocycles. The van der Waals surface area contributed by atoms with Gasteiger partial charge in [-0.05, 0) is 0 Å². The van der Waals surface area contributed by atoms with Gasteiger partial charge in [0.25, 0.3) is 0 Å². The normalized spacial score (nSPS) is 30.2. The van der Waals surface area contributed by atoms with Crippen LogP contribution in [-0.2, 0) is 14.6 Å². The van der Waals surface area contributed by atoms with Gasteiger partial charge in [-0.15, -0.1) is 0 Å². The van der Waals surface area contributed by atoms with Crippen molar-refractivity contribution in [2.45, 2.75) is 25.5 Å². The van der Waals surface area contributed by atoms with E-state index in [0.29, 0.717) is 6.42 Å². The highest BCUT2D eigenvalue weighted by molar-refractivity contribution is 7.91. The molecule has 82 valence electrons. The van der Waals surface area contributed by atoms with Crippen molar-refractivity contribution in [2.75, 3.05) is 18.6 Å². The first-order chi connectivity index (χ1) is 6.37. The van der Waals surface area contributed by atoms with Gasteiger partial charge in [0.1, 0.15) is 0 Å². The fourth-order valence-corrected chi connectivity index (χ4v) is 3.46. The van der Waals surface area contributed by atoms with Crippen molar-refractivity contribution in [3.05, 3.63) is 0 Å². The molecule has 0 bridgehead atoms. The van der Waals surface area contributed by atoms with E-state index in [1.165, 1.54) is 11.9 Å². The molecule has 1 aliphatic heterocycles. The average Bonchev–Trinajstić information content (AvgIpc) is 2.37. The summed E-state index contributed by atoms with van der Waals surface area (Å²) in [5.74, 6) is -0.513. The molecular formula is C8H15NO4S. The third-order valence-electron chi connectivity index (χ3n) is 2.49. The van der Waals surface area contributed by atoms with Crippen LogP contribution in [0.4, 0.5) is 0 Å². The molecule has 1 amide bonds. The van der Waals surface area contributed by atoms with Crippen LogP contribution in [-0.4, -0.2) is 55.0 Å². The van der Waals surface area contributed by atoms with Gasteiger partial charge in [-0.1, -0.05) is 6.92 Å². The van der Waals surface area contributed by atoms with Crippen molar-refractivity contribution in [3.63, 3.8) is 0 Å². The van der Waals surface area contributed by atoms with Gasteiger partial charge >= 0.3 is 0 Å². The van der Waals surface area contributed by atoms with Crippen LogP contribution >= 0.6 is 0 Å². The van der Waals surface area contributed by atoms with Crippen LogP contribution in [0.1, 0.15) is 13.3 Å². The molecule has 0 radical (unpaired) electrons. The van der Waals surface area contributed by atoms with Crippen LogP contribution in [0, 0.1) is 0 Å². The van der Waals surface area contributed by atoms with Gasteiger partial charge in [-0.25, -0.2) is 8.42 Å². The number of hydrogen-bond acceptors (Lipinski definition) is 4. The molecule has 1 heterocycles. The summed E-state index contributed by atoms with van der Waals surface area (Å²) in [4.78, 5) is 12.6. The maximum absolute atomic E-state index is 11.3. The molecule has 0 aromatic rings. The van der Waals surface area contributed by atoms with Crippen LogP contribution in [0.5, 0.6) is 0 Å². The van der Waals surface area contributed by atoms with E-state index >= 15 is 0 Å². The zero-order chi connectivity index (χ0) is 10.9. The zero-order valence-corrected chi connectivity index (χ0v) is 9.12. The number of amides is 1. The first-order valence-corrected chi connectivity index (χ1v) is 6.33. The molecule has 0 aliphatic carbocycles. The summed E-state index contributed by atoms with van der Waals surface area (Å²) in [6.07, 6.45) is -0.625. The van der Waals surface area contributed by atoms with Crippen LogP contribution < -0.4 is 0 Å². The lowest BCUT2D eigenvalue weighted by atomic mass is 10.2. The summed E-state index contributed by atoms with van der Waals surface area (Å²) in [7, 11) is -1.65. The smallest absolute Gasteiger partial charge is 0.222 e. The van der Waals surface area contributed by atoms with Gasteiger partial charge < -0.3 is 10.0 Å². The van der Waals surface area contributed by atoms with Crippen molar-refractivity contribution in [1.82, 2.24) is 4.90 Å². The monoisotopic (exact) mass is 221 g/mol. The van der Waals surface area contributed by atoms with Crippen LogP contribution in [0.15, 0.2) is 0 Å². The third-order valence-corrected chi connectivity index (χ3v) is 4.19. The Morgan fingerprint density at radius 2 is 2.07 bits per heavy atom. The van der Waals surface area contributed by atoms with Crippen molar-refractivity contribution in [2.24, 2.45) is 0 Å². The Morgan fingerprint density at radius 3 is 2.43 bits per heavy atom. The lowest BCUT2D eigenvalue weighted by molar-refractivity contribution is -0.132. The molecule has 1 saturated heterocycles. The Labute approximate surface area is 83.6 Å². The first kappa shape index (κ1) is 11.5. The summed E-state index contributed by atoms with van der Waals surface area (Å²) in [6.45, 7) is 1.70. The molecule has 0 aromatic carbocycles. The molecule has 5 nitrogen and oxygen atoms in total. The van der Waals surface area contributed by atoms with E-state index in [0.717, 1.165) is 0 Å². The Kier molecular flexibility index (Phi) is 3.16. The van der Waals surface area contributed by atoms with Gasteiger partial charge in [-0.3, -0.25) is 4.79 Å². The van der Waals surface area contributed by atoms with Crippen molar-refractivity contribution < 1.29 is 18.3 Å². The number of aliphatic hydroxyl groups is 1. The number of hydrogen-bond donors (Lipinski definition) is 1. The predicted octanol–water partition coefficient (Wildman–Crippen LogP) is -0.987. The Balaban J connectivity index is 2.76. The van der Waals surface area contributed by atoms with Crippen molar-refractivity contribution in [1.29, 1.82) is 0 Å². The number of aliphatic hydroxyl groups excluding tert-OH is 1. The summed E-state index contributed by atoms with van der Waals surface area (Å²) in [5, 5.41) is 9.47. The van der Waals surface area contributed by atoms with E-state index in [9.17, 15) is 18.3 Å². The molecule has 1 fully saturated rings. The van der Waals surface area contributed by atoms with E-state index in [4.69, 9.17) is 0 Å². The average molecular weight is 221 g/mol. The van der Waals surface area contributed by atoms with Crippen molar-refractivity contribution >= 4 is 15.7 Å². The van der Waals surface area contributed by atoms with Gasteiger partial charge in [0, 0.05) is 13.5 Å². The SMILES string of the molecule is CCC(=O)N(C)[C@@H]1CS(=O)(=O)C[C@@H]1O. The largest absolute Gasteiger partial charge is 0.390 e. The lowest BCUT2D eigenvalue weighted by Gasteiger charge is -2.25. The number of nitrogens with zero attached hydrogens (tertiary/aromatic N) is 1. The maximum Gasteiger partial charge on any atom is 0.222 e. The molecular weight excluding hydrogens is 206 g/mol. The first-order valence-electron chi connectivity index (χ1n) is 4.51. The van der Waals surface area contributed by atoms with Crippen LogP contribution in [0.25, 0.3) is 0 Å². The molecule has 1 aliphatic rings. The molecule has 6 heteroatoms. The lowest BCUT2D eigenvalue weighted by Crippen LogP contribution is -2.43. The summed E-state index contributed by atoms with van der Waals surface area (Å²) in [5.41, 5.74) is 0. The number of sulfone groups is 1. The van der Waals surface area contributed by atoms with Gasteiger partial charge in [0.2, 0.25) is 5.91 Å². The van der Waals surface area contributed by atoms with E-state index < -0.39 is 22.0 Å². The highest BCUT2D eigenvalue weighted by atomic mass is 32.2. The Hall–Kier alpha value is -0.620. The second-order valence-electron chi connectivity index (χ2n) is 3.57. The third kappa shape index (κ3) is 2.24. The van der Waals surface area contributed by atoms with Gasteiger partial charge in [0.15, 0.2) is 9.84 Å². The highest BCUT2D eigenvalue weighted by Crippen LogP contribution is 2.17. The minimum atomic E-state index is -3.18. The summed E-state index contributed by atoms with van der Waals surface area (Å²) >= 11 is 0. The predicted molar refractivity (Wildman–Crippen MR) is 51.5 cm³/mol. The minimum Gasteiger partial charge on any atom is -0.390 e. The van der Waals surface area contributed by atoms with E-state index in [2.05, 4.69) is 0 Å². The number of carbonyl (C=O) groups is 1. The maximum atomic E-state index is 11.3. The van der Waals surface area contributed by atoms with E-state index in [1.54, 1.807) is 6.92 Å². The fraction of sp³-hybridized carbons (Fsp3) is 0.875. The number of likely N-dealkylation sites (N-methyl/N-ethyl adjacent to an activating group) is 1. The second kappa shape index (κ2) is 3.86. The Bertz CT molecular complexity index is 324.